The molecule has 1 N–H and O–H groups in total. The topological polar surface area (TPSA) is 59.4 Å². The van der Waals surface area contributed by atoms with Gasteiger partial charge >= 0.3 is 0 Å². The first-order chi connectivity index (χ1) is 10.1. The van der Waals surface area contributed by atoms with Gasteiger partial charge in [0, 0.05) is 13.7 Å². The molecule has 0 aliphatic carbocycles. The maximum Gasteiger partial charge on any atom is 0.276 e. The van der Waals surface area contributed by atoms with Gasteiger partial charge in [0.2, 0.25) is 0 Å². The lowest BCUT2D eigenvalue weighted by Gasteiger charge is -2.18. The van der Waals surface area contributed by atoms with E-state index in [2.05, 4.69) is 26.3 Å². The van der Waals surface area contributed by atoms with Gasteiger partial charge in [-0.25, -0.2) is 0 Å². The second-order valence-corrected chi connectivity index (χ2v) is 6.28. The largest absolute Gasteiger partial charge is 0.376 e. The Kier molecular flexibility index (Phi) is 4.10. The van der Waals surface area contributed by atoms with E-state index >= 15 is 0 Å². The first-order valence-electron chi connectivity index (χ1n) is 6.70. The lowest BCUT2D eigenvalue weighted by Crippen LogP contribution is -2.37. The van der Waals surface area contributed by atoms with Gasteiger partial charge < -0.3 is 10.1 Å². The smallest absolute Gasteiger partial charge is 0.276 e. The van der Waals surface area contributed by atoms with Crippen LogP contribution >= 0.6 is 28.1 Å². The standard InChI is InChI=1S/C13H15BrN4O2S/c1-17-11(9(14)6-15-17)5-10-12(19)18(13(21)16-10)7-8-3-2-4-20-8/h5-6,8H,2-4,7H2,1H3,(H,16,21). The van der Waals surface area contributed by atoms with Gasteiger partial charge in [-0.1, -0.05) is 0 Å². The molecule has 0 aromatic carbocycles. The number of amides is 1. The van der Waals surface area contributed by atoms with Gasteiger partial charge in [0.1, 0.15) is 5.70 Å². The van der Waals surface area contributed by atoms with Crippen LogP contribution in [0.5, 0.6) is 0 Å². The highest BCUT2D eigenvalue weighted by Gasteiger charge is 2.33. The zero-order valence-corrected chi connectivity index (χ0v) is 13.9. The number of halogens is 1. The molecule has 8 heteroatoms. The Labute approximate surface area is 136 Å². The summed E-state index contributed by atoms with van der Waals surface area (Å²) in [7, 11) is 1.82. The van der Waals surface area contributed by atoms with E-state index in [-0.39, 0.29) is 12.0 Å². The molecule has 1 unspecified atom stereocenters. The van der Waals surface area contributed by atoms with Crippen molar-refractivity contribution in [1.29, 1.82) is 0 Å². The van der Waals surface area contributed by atoms with E-state index in [1.165, 1.54) is 0 Å². The van der Waals surface area contributed by atoms with Crippen molar-refractivity contribution in [2.75, 3.05) is 13.2 Å². The van der Waals surface area contributed by atoms with Crippen molar-refractivity contribution in [1.82, 2.24) is 20.0 Å². The number of hydrogen-bond acceptors (Lipinski definition) is 4. The molecule has 2 saturated heterocycles. The summed E-state index contributed by atoms with van der Waals surface area (Å²) in [4.78, 5) is 14.0. The Bertz CT molecular complexity index is 602. The number of carbonyl (C=O) groups is 1. The van der Waals surface area contributed by atoms with Crippen molar-refractivity contribution < 1.29 is 9.53 Å². The molecule has 3 heterocycles. The number of carbonyl (C=O) groups excluding carboxylic acids is 1. The van der Waals surface area contributed by atoms with Crippen LogP contribution in [0.4, 0.5) is 0 Å². The second kappa shape index (κ2) is 5.86. The van der Waals surface area contributed by atoms with Crippen LogP contribution in [0.25, 0.3) is 6.08 Å². The molecule has 1 atom stereocenters. The van der Waals surface area contributed by atoms with Gasteiger partial charge in [-0.15, -0.1) is 0 Å². The minimum atomic E-state index is -0.122. The number of ether oxygens (including phenoxy) is 1. The van der Waals surface area contributed by atoms with Crippen LogP contribution < -0.4 is 5.32 Å². The Balaban J connectivity index is 1.79. The fraction of sp³-hybridized carbons (Fsp3) is 0.462. The fourth-order valence-corrected chi connectivity index (χ4v) is 3.18. The SMILES string of the molecule is Cn1ncc(Br)c1C=C1NC(=S)N(CC2CCCO2)C1=O. The number of hydrogen-bond donors (Lipinski definition) is 1. The number of nitrogens with zero attached hydrogens (tertiary/aromatic N) is 3. The molecular formula is C13H15BrN4O2S. The lowest BCUT2D eigenvalue weighted by molar-refractivity contribution is -0.123. The summed E-state index contributed by atoms with van der Waals surface area (Å²) in [6, 6.07) is 0. The minimum Gasteiger partial charge on any atom is -0.376 e. The highest BCUT2D eigenvalue weighted by molar-refractivity contribution is 9.10. The molecule has 1 aromatic rings. The molecule has 6 nitrogen and oxygen atoms in total. The molecule has 0 radical (unpaired) electrons. The zero-order chi connectivity index (χ0) is 15.0. The van der Waals surface area contributed by atoms with Crippen LogP contribution in [0.1, 0.15) is 18.5 Å². The summed E-state index contributed by atoms with van der Waals surface area (Å²) in [6.07, 6.45) is 5.53. The summed E-state index contributed by atoms with van der Waals surface area (Å²) in [5.74, 6) is -0.122. The van der Waals surface area contributed by atoms with Gasteiger partial charge in [0.25, 0.3) is 5.91 Å². The number of thiocarbonyl (C=S) groups is 1. The highest BCUT2D eigenvalue weighted by atomic mass is 79.9. The van der Waals surface area contributed by atoms with Gasteiger partial charge in [-0.05, 0) is 47.1 Å². The van der Waals surface area contributed by atoms with Crippen molar-refractivity contribution in [2.24, 2.45) is 7.05 Å². The Morgan fingerprint density at radius 1 is 1.67 bits per heavy atom. The average molecular weight is 371 g/mol. The summed E-state index contributed by atoms with van der Waals surface area (Å²) in [5.41, 5.74) is 1.27. The second-order valence-electron chi connectivity index (χ2n) is 5.04. The molecule has 2 aliphatic rings. The quantitative estimate of drug-likeness (QED) is 0.643. The van der Waals surface area contributed by atoms with E-state index in [0.29, 0.717) is 17.4 Å². The third-order valence-electron chi connectivity index (χ3n) is 3.59. The molecule has 112 valence electrons. The number of rotatable bonds is 3. The normalized spacial score (nSPS) is 24.2. The van der Waals surface area contributed by atoms with Crippen LogP contribution in [-0.4, -0.2) is 45.0 Å². The molecular weight excluding hydrogens is 356 g/mol. The van der Waals surface area contributed by atoms with E-state index in [4.69, 9.17) is 17.0 Å². The van der Waals surface area contributed by atoms with Crippen molar-refractivity contribution in [3.63, 3.8) is 0 Å². The Morgan fingerprint density at radius 2 is 2.48 bits per heavy atom. The Morgan fingerprint density at radius 3 is 3.10 bits per heavy atom. The van der Waals surface area contributed by atoms with Crippen LogP contribution in [0.3, 0.4) is 0 Å². The molecule has 2 aliphatic heterocycles. The van der Waals surface area contributed by atoms with Gasteiger partial charge in [-0.2, -0.15) is 5.10 Å². The van der Waals surface area contributed by atoms with Crippen LogP contribution in [0.15, 0.2) is 16.4 Å². The molecule has 1 amide bonds. The first kappa shape index (κ1) is 14.7. The predicted molar refractivity (Wildman–Crippen MR) is 85.3 cm³/mol. The molecule has 0 bridgehead atoms. The van der Waals surface area contributed by atoms with E-state index in [9.17, 15) is 4.79 Å². The summed E-state index contributed by atoms with van der Waals surface area (Å²) < 4.78 is 8.09. The monoisotopic (exact) mass is 370 g/mol. The number of aromatic nitrogens is 2. The third-order valence-corrected chi connectivity index (χ3v) is 4.52. The molecule has 2 fully saturated rings. The van der Waals surface area contributed by atoms with E-state index in [1.54, 1.807) is 21.9 Å². The maximum atomic E-state index is 12.5. The van der Waals surface area contributed by atoms with E-state index in [1.807, 2.05) is 7.05 Å². The zero-order valence-electron chi connectivity index (χ0n) is 11.5. The summed E-state index contributed by atoms with van der Waals surface area (Å²) in [6.45, 7) is 1.27. The van der Waals surface area contributed by atoms with Crippen LogP contribution in [-0.2, 0) is 16.6 Å². The summed E-state index contributed by atoms with van der Waals surface area (Å²) in [5, 5.41) is 7.53. The highest BCUT2D eigenvalue weighted by Crippen LogP contribution is 2.22. The fourth-order valence-electron chi connectivity index (χ4n) is 2.45. The number of nitrogens with one attached hydrogen (secondary N) is 1. The maximum absolute atomic E-state index is 12.5. The predicted octanol–water partition coefficient (Wildman–Crippen LogP) is 1.42. The summed E-state index contributed by atoms with van der Waals surface area (Å²) >= 11 is 8.67. The lowest BCUT2D eigenvalue weighted by atomic mass is 10.2. The molecule has 3 rings (SSSR count). The van der Waals surface area contributed by atoms with Crippen molar-refractivity contribution in [3.05, 3.63) is 22.1 Å². The Hall–Kier alpha value is -1.25. The van der Waals surface area contributed by atoms with E-state index in [0.717, 1.165) is 29.6 Å². The molecule has 21 heavy (non-hydrogen) atoms. The van der Waals surface area contributed by atoms with Crippen molar-refractivity contribution in [3.8, 4) is 0 Å². The van der Waals surface area contributed by atoms with Gasteiger partial charge in [0.15, 0.2) is 5.11 Å². The minimum absolute atomic E-state index is 0.0801. The van der Waals surface area contributed by atoms with Crippen molar-refractivity contribution >= 4 is 45.2 Å². The first-order valence-corrected chi connectivity index (χ1v) is 7.90. The third kappa shape index (κ3) is 2.88. The van der Waals surface area contributed by atoms with E-state index < -0.39 is 0 Å². The van der Waals surface area contributed by atoms with Crippen LogP contribution in [0.2, 0.25) is 0 Å². The van der Waals surface area contributed by atoms with Crippen LogP contribution in [0, 0.1) is 0 Å². The van der Waals surface area contributed by atoms with Gasteiger partial charge in [-0.3, -0.25) is 14.4 Å². The average Bonchev–Trinajstić information content (AvgIpc) is 3.13. The van der Waals surface area contributed by atoms with Crippen molar-refractivity contribution in [2.45, 2.75) is 18.9 Å². The molecule has 0 spiro atoms. The number of aryl methyl sites for hydroxylation is 1. The molecule has 1 aromatic heterocycles. The van der Waals surface area contributed by atoms with Gasteiger partial charge in [0.05, 0.1) is 29.0 Å². The molecule has 0 saturated carbocycles.